The molecular weight excluding hydrogens is 320 g/mol. The minimum atomic E-state index is -1.64. The molecule has 0 aromatic rings. The third kappa shape index (κ3) is 8.89. The molecule has 0 aliphatic rings. The van der Waals surface area contributed by atoms with Crippen molar-refractivity contribution in [1.29, 1.82) is 0 Å². The fourth-order valence-electron chi connectivity index (χ4n) is 2.09. The number of rotatable bonds is 12. The van der Waals surface area contributed by atoms with Gasteiger partial charge in [0, 0.05) is 6.42 Å². The van der Waals surface area contributed by atoms with E-state index in [4.69, 9.17) is 15.9 Å². The number of carboxylic acids is 2. The fraction of sp³-hybridized carbons (Fsp3) is 0.600. The molecule has 0 heterocycles. The number of carbonyl (C=O) groups is 4. The molecule has 9 heteroatoms. The van der Waals surface area contributed by atoms with Gasteiger partial charge in [-0.15, -0.1) is 0 Å². The topological polar surface area (TPSA) is 156 Å². The lowest BCUT2D eigenvalue weighted by atomic mass is 9.99. The number of ether oxygens (including phenoxy) is 1. The van der Waals surface area contributed by atoms with Crippen LogP contribution in [0.3, 0.4) is 0 Å². The molecule has 24 heavy (non-hydrogen) atoms. The molecule has 0 rings (SSSR count). The minimum absolute atomic E-state index is 0.111. The van der Waals surface area contributed by atoms with E-state index in [1.807, 2.05) is 6.92 Å². The summed E-state index contributed by atoms with van der Waals surface area (Å²) in [6.45, 7) is 4.04. The number of primary amides is 1. The number of carboxylic acid groups (broad SMARTS) is 2. The summed E-state index contributed by atoms with van der Waals surface area (Å²) < 4.78 is 4.60. The third-order valence-electron chi connectivity index (χ3n) is 3.25. The van der Waals surface area contributed by atoms with Crippen LogP contribution in [-0.4, -0.2) is 46.6 Å². The summed E-state index contributed by atoms with van der Waals surface area (Å²) in [6.07, 6.45) is 2.11. The standard InChI is InChI=1S/C15H24N2O7/c1-3-5-9(8-17-10(4-2)14(16)21)6-13(20)24-11(15(22)23)7-12(18)19/h7,9-10,17H,3-6,8H2,1-2H3,(H2,16,21)(H,18,19)(H,22,23)/b11-7+/t9-,10-/m0/s1. The molecule has 0 radical (unpaired) electrons. The van der Waals surface area contributed by atoms with Gasteiger partial charge >= 0.3 is 17.9 Å². The first-order valence-corrected chi connectivity index (χ1v) is 7.62. The van der Waals surface area contributed by atoms with E-state index in [1.165, 1.54) is 0 Å². The highest BCUT2D eigenvalue weighted by atomic mass is 16.6. The van der Waals surface area contributed by atoms with E-state index in [1.54, 1.807) is 6.92 Å². The Morgan fingerprint density at radius 1 is 1.21 bits per heavy atom. The summed E-state index contributed by atoms with van der Waals surface area (Å²) >= 11 is 0. The number of esters is 1. The Balaban J connectivity index is 4.75. The van der Waals surface area contributed by atoms with E-state index in [9.17, 15) is 19.2 Å². The predicted molar refractivity (Wildman–Crippen MR) is 83.7 cm³/mol. The van der Waals surface area contributed by atoms with Crippen molar-refractivity contribution in [1.82, 2.24) is 5.32 Å². The van der Waals surface area contributed by atoms with Gasteiger partial charge in [-0.1, -0.05) is 20.3 Å². The number of aliphatic carboxylic acids is 2. The van der Waals surface area contributed by atoms with Gasteiger partial charge < -0.3 is 26.0 Å². The van der Waals surface area contributed by atoms with Crippen LogP contribution in [0.25, 0.3) is 0 Å². The molecule has 0 bridgehead atoms. The van der Waals surface area contributed by atoms with Crippen LogP contribution in [0.4, 0.5) is 0 Å². The SMILES string of the molecule is CCC[C@H](CN[C@@H](CC)C(N)=O)CC(=O)O/C(=C/C(=O)O)C(=O)O. The van der Waals surface area contributed by atoms with Crippen LogP contribution in [0.5, 0.6) is 0 Å². The zero-order valence-corrected chi connectivity index (χ0v) is 13.8. The number of nitrogens with two attached hydrogens (primary N) is 1. The first kappa shape index (κ1) is 21.6. The minimum Gasteiger partial charge on any atom is -0.478 e. The Morgan fingerprint density at radius 2 is 1.83 bits per heavy atom. The highest BCUT2D eigenvalue weighted by Gasteiger charge is 2.21. The van der Waals surface area contributed by atoms with Crippen LogP contribution in [0.1, 0.15) is 39.5 Å². The normalized spacial score (nSPS) is 13.8. The number of hydrogen-bond acceptors (Lipinski definition) is 6. The van der Waals surface area contributed by atoms with Crippen molar-refractivity contribution in [2.75, 3.05) is 6.54 Å². The van der Waals surface area contributed by atoms with Crippen LogP contribution in [0, 0.1) is 5.92 Å². The van der Waals surface area contributed by atoms with E-state index in [2.05, 4.69) is 10.1 Å². The molecule has 1 amide bonds. The summed E-state index contributed by atoms with van der Waals surface area (Å²) in [5, 5.41) is 20.3. The van der Waals surface area contributed by atoms with E-state index < -0.39 is 35.6 Å². The van der Waals surface area contributed by atoms with Crippen LogP contribution in [0.2, 0.25) is 0 Å². The zero-order valence-electron chi connectivity index (χ0n) is 13.8. The van der Waals surface area contributed by atoms with E-state index >= 15 is 0 Å². The molecule has 2 atom stereocenters. The molecular formula is C15H24N2O7. The smallest absolute Gasteiger partial charge is 0.372 e. The molecule has 0 aromatic carbocycles. The second-order valence-electron chi connectivity index (χ2n) is 5.26. The molecule has 9 nitrogen and oxygen atoms in total. The Bertz CT molecular complexity index is 502. The van der Waals surface area contributed by atoms with Crippen LogP contribution >= 0.6 is 0 Å². The Hall–Kier alpha value is -2.42. The first-order chi connectivity index (χ1) is 11.2. The van der Waals surface area contributed by atoms with Gasteiger partial charge in [0.15, 0.2) is 0 Å². The highest BCUT2D eigenvalue weighted by Crippen LogP contribution is 2.13. The molecule has 0 unspecified atom stereocenters. The predicted octanol–water partition coefficient (Wildman–Crippen LogP) is 0.243. The number of hydrogen-bond donors (Lipinski definition) is 4. The van der Waals surface area contributed by atoms with Crippen LogP contribution in [-0.2, 0) is 23.9 Å². The zero-order chi connectivity index (χ0) is 18.7. The lowest BCUT2D eigenvalue weighted by molar-refractivity contribution is -0.149. The lowest BCUT2D eigenvalue weighted by Gasteiger charge is -2.19. The summed E-state index contributed by atoms with van der Waals surface area (Å²) in [7, 11) is 0. The van der Waals surface area contributed by atoms with Crippen molar-refractivity contribution in [2.45, 2.75) is 45.6 Å². The highest BCUT2D eigenvalue weighted by molar-refractivity contribution is 5.95. The van der Waals surface area contributed by atoms with Gasteiger partial charge in [0.25, 0.3) is 0 Å². The van der Waals surface area contributed by atoms with Crippen LogP contribution < -0.4 is 11.1 Å². The summed E-state index contributed by atoms with van der Waals surface area (Å²) in [5.74, 6) is -5.66. The van der Waals surface area contributed by atoms with Gasteiger partial charge in [0.1, 0.15) is 0 Å². The quantitative estimate of drug-likeness (QED) is 0.223. The maximum Gasteiger partial charge on any atom is 0.372 e. The van der Waals surface area contributed by atoms with Crippen molar-refractivity contribution in [3.05, 3.63) is 11.8 Å². The van der Waals surface area contributed by atoms with Gasteiger partial charge in [0.05, 0.1) is 12.1 Å². The molecule has 0 fully saturated rings. The van der Waals surface area contributed by atoms with Crippen molar-refractivity contribution < 1.29 is 34.1 Å². The average molecular weight is 344 g/mol. The number of carbonyl (C=O) groups excluding carboxylic acids is 2. The van der Waals surface area contributed by atoms with E-state index in [0.29, 0.717) is 25.5 Å². The summed E-state index contributed by atoms with van der Waals surface area (Å²) in [5.41, 5.74) is 5.23. The largest absolute Gasteiger partial charge is 0.478 e. The summed E-state index contributed by atoms with van der Waals surface area (Å²) in [6, 6.07) is -0.512. The van der Waals surface area contributed by atoms with E-state index in [-0.39, 0.29) is 12.3 Å². The molecule has 136 valence electrons. The average Bonchev–Trinajstić information content (AvgIpc) is 2.46. The maximum atomic E-state index is 11.8. The third-order valence-corrected chi connectivity index (χ3v) is 3.25. The molecule has 5 N–H and O–H groups in total. The van der Waals surface area contributed by atoms with Gasteiger partial charge in [0.2, 0.25) is 11.7 Å². The van der Waals surface area contributed by atoms with Gasteiger partial charge in [-0.05, 0) is 25.3 Å². The lowest BCUT2D eigenvalue weighted by Crippen LogP contribution is -2.43. The van der Waals surface area contributed by atoms with Crippen molar-refractivity contribution in [2.24, 2.45) is 11.7 Å². The summed E-state index contributed by atoms with van der Waals surface area (Å²) in [4.78, 5) is 44.4. The van der Waals surface area contributed by atoms with Gasteiger partial charge in [-0.3, -0.25) is 9.59 Å². The Kier molecular flexibility index (Phi) is 10.0. The molecule has 0 aliphatic heterocycles. The van der Waals surface area contributed by atoms with Gasteiger partial charge in [-0.25, -0.2) is 9.59 Å². The fourth-order valence-corrected chi connectivity index (χ4v) is 2.09. The molecule has 0 aliphatic carbocycles. The molecule has 0 saturated heterocycles. The second-order valence-corrected chi connectivity index (χ2v) is 5.26. The van der Waals surface area contributed by atoms with Crippen molar-refractivity contribution in [3.8, 4) is 0 Å². The second kappa shape index (κ2) is 11.2. The first-order valence-electron chi connectivity index (χ1n) is 7.62. The Labute approximate surface area is 139 Å². The monoisotopic (exact) mass is 344 g/mol. The number of nitrogens with one attached hydrogen (secondary N) is 1. The van der Waals surface area contributed by atoms with Crippen molar-refractivity contribution in [3.63, 3.8) is 0 Å². The maximum absolute atomic E-state index is 11.8. The molecule has 0 saturated carbocycles. The van der Waals surface area contributed by atoms with Gasteiger partial charge in [-0.2, -0.15) is 0 Å². The number of amides is 1. The van der Waals surface area contributed by atoms with Crippen LogP contribution in [0.15, 0.2) is 11.8 Å². The molecule has 0 spiro atoms. The van der Waals surface area contributed by atoms with Crippen molar-refractivity contribution >= 4 is 23.8 Å². The van der Waals surface area contributed by atoms with E-state index in [0.717, 1.165) is 6.42 Å². The Morgan fingerprint density at radius 3 is 2.25 bits per heavy atom. The molecule has 0 aromatic heterocycles.